The summed E-state index contributed by atoms with van der Waals surface area (Å²) < 4.78 is 6.73. The number of halogens is 1. The first-order valence-corrected chi connectivity index (χ1v) is 9.35. The van der Waals surface area contributed by atoms with Crippen LogP contribution in [0.2, 0.25) is 5.02 Å². The van der Waals surface area contributed by atoms with Gasteiger partial charge in [-0.15, -0.1) is 0 Å². The Labute approximate surface area is 161 Å². The van der Waals surface area contributed by atoms with E-state index < -0.39 is 0 Å². The van der Waals surface area contributed by atoms with Crippen LogP contribution in [-0.4, -0.2) is 43.8 Å². The van der Waals surface area contributed by atoms with Crippen LogP contribution in [0.25, 0.3) is 5.69 Å². The van der Waals surface area contributed by atoms with Crippen LogP contribution in [0, 0.1) is 12.8 Å². The van der Waals surface area contributed by atoms with E-state index in [4.69, 9.17) is 16.1 Å². The average Bonchev–Trinajstić information content (AvgIpc) is 3.31. The fourth-order valence-corrected chi connectivity index (χ4v) is 3.58. The molecule has 1 unspecified atom stereocenters. The Morgan fingerprint density at radius 2 is 2.15 bits per heavy atom. The molecule has 0 aliphatic carbocycles. The number of likely N-dealkylation sites (tertiary alicyclic amines) is 1. The summed E-state index contributed by atoms with van der Waals surface area (Å²) in [6.45, 7) is 3.23. The molecule has 0 N–H and O–H groups in total. The molecule has 1 saturated heterocycles. The minimum Gasteiger partial charge on any atom is -0.340 e. The number of rotatable bonds is 4. The van der Waals surface area contributed by atoms with E-state index in [0.717, 1.165) is 31.5 Å². The number of amides is 1. The smallest absolute Gasteiger partial charge is 0.257 e. The quantitative estimate of drug-likeness (QED) is 0.688. The van der Waals surface area contributed by atoms with E-state index >= 15 is 0 Å². The fourth-order valence-electron chi connectivity index (χ4n) is 3.45. The second-order valence-electron chi connectivity index (χ2n) is 6.84. The van der Waals surface area contributed by atoms with Crippen LogP contribution in [-0.2, 0) is 6.42 Å². The number of carbonyl (C=O) groups is 1. The second-order valence-corrected chi connectivity index (χ2v) is 7.28. The summed E-state index contributed by atoms with van der Waals surface area (Å²) in [5, 5.41) is 8.95. The van der Waals surface area contributed by atoms with Gasteiger partial charge in [-0.25, -0.2) is 4.68 Å². The minimum absolute atomic E-state index is 0.00389. The molecule has 1 atom stereocenters. The zero-order valence-corrected chi connectivity index (χ0v) is 15.8. The van der Waals surface area contributed by atoms with Crippen LogP contribution >= 0.6 is 11.6 Å². The van der Waals surface area contributed by atoms with Crippen LogP contribution in [0.1, 0.15) is 34.9 Å². The molecular weight excluding hydrogens is 366 g/mol. The van der Waals surface area contributed by atoms with Gasteiger partial charge in [0.1, 0.15) is 0 Å². The van der Waals surface area contributed by atoms with Gasteiger partial charge in [0.2, 0.25) is 5.89 Å². The summed E-state index contributed by atoms with van der Waals surface area (Å²) in [5.41, 5.74) is 1.45. The molecule has 7 nitrogen and oxygen atoms in total. The van der Waals surface area contributed by atoms with E-state index in [0.29, 0.717) is 34.8 Å². The molecule has 0 bridgehead atoms. The van der Waals surface area contributed by atoms with Crippen LogP contribution < -0.4 is 0 Å². The maximum atomic E-state index is 12.9. The van der Waals surface area contributed by atoms with Crippen molar-refractivity contribution in [1.29, 1.82) is 0 Å². The molecule has 27 heavy (non-hydrogen) atoms. The summed E-state index contributed by atoms with van der Waals surface area (Å²) in [5.74, 6) is 1.63. The number of hydrogen-bond acceptors (Lipinski definition) is 5. The van der Waals surface area contributed by atoms with E-state index in [1.807, 2.05) is 17.0 Å². The van der Waals surface area contributed by atoms with Crippen molar-refractivity contribution < 1.29 is 9.32 Å². The highest BCUT2D eigenvalue weighted by Crippen LogP contribution is 2.22. The molecule has 0 saturated carbocycles. The van der Waals surface area contributed by atoms with E-state index in [-0.39, 0.29) is 5.91 Å². The van der Waals surface area contributed by atoms with Gasteiger partial charge in [0.25, 0.3) is 5.91 Å². The summed E-state index contributed by atoms with van der Waals surface area (Å²) in [7, 11) is 0. The number of nitrogens with zero attached hydrogens (tertiary/aromatic N) is 5. The molecule has 3 heterocycles. The Balaban J connectivity index is 1.43. The molecule has 1 fully saturated rings. The van der Waals surface area contributed by atoms with Gasteiger partial charge in [0.15, 0.2) is 5.82 Å². The Hall–Kier alpha value is -2.67. The Morgan fingerprint density at radius 3 is 2.89 bits per heavy atom. The number of piperidine rings is 1. The standard InChI is InChI=1S/C19H20ClN5O2/c1-13-22-18(23-27-13)9-14-3-2-8-24(11-14)19(26)15-10-21-25(12-15)17-6-4-16(20)5-7-17/h4-7,10,12,14H,2-3,8-9,11H2,1H3. The number of carbonyl (C=O) groups excluding carboxylic acids is 1. The van der Waals surface area contributed by atoms with E-state index in [1.54, 1.807) is 36.1 Å². The third kappa shape index (κ3) is 4.03. The van der Waals surface area contributed by atoms with Gasteiger partial charge in [-0.2, -0.15) is 10.1 Å². The second kappa shape index (κ2) is 7.52. The first kappa shape index (κ1) is 17.7. The maximum Gasteiger partial charge on any atom is 0.257 e. The van der Waals surface area contributed by atoms with Crippen molar-refractivity contribution in [2.24, 2.45) is 5.92 Å². The van der Waals surface area contributed by atoms with Gasteiger partial charge in [-0.1, -0.05) is 16.8 Å². The third-order valence-corrected chi connectivity index (χ3v) is 5.02. The molecule has 2 aromatic heterocycles. The molecule has 140 valence electrons. The molecule has 1 aromatic carbocycles. The molecule has 0 spiro atoms. The van der Waals surface area contributed by atoms with Crippen molar-refractivity contribution in [2.45, 2.75) is 26.2 Å². The van der Waals surface area contributed by atoms with E-state index in [2.05, 4.69) is 15.2 Å². The van der Waals surface area contributed by atoms with Crippen molar-refractivity contribution in [3.63, 3.8) is 0 Å². The minimum atomic E-state index is 0.00389. The van der Waals surface area contributed by atoms with Crippen LogP contribution in [0.4, 0.5) is 0 Å². The molecule has 3 aromatic rings. The summed E-state index contributed by atoms with van der Waals surface area (Å²) in [6, 6.07) is 7.34. The van der Waals surface area contributed by atoms with Gasteiger partial charge < -0.3 is 9.42 Å². The monoisotopic (exact) mass is 385 g/mol. The number of benzene rings is 1. The predicted octanol–water partition coefficient (Wildman–Crippen LogP) is 3.31. The number of hydrogen-bond donors (Lipinski definition) is 0. The molecular formula is C19H20ClN5O2. The van der Waals surface area contributed by atoms with Gasteiger partial charge in [0.05, 0.1) is 17.4 Å². The third-order valence-electron chi connectivity index (χ3n) is 4.77. The van der Waals surface area contributed by atoms with E-state index in [9.17, 15) is 4.79 Å². The first-order chi connectivity index (χ1) is 13.1. The van der Waals surface area contributed by atoms with Crippen LogP contribution in [0.3, 0.4) is 0 Å². The molecule has 0 radical (unpaired) electrons. The number of aromatic nitrogens is 4. The van der Waals surface area contributed by atoms with Crippen molar-refractivity contribution in [3.8, 4) is 5.69 Å². The Morgan fingerprint density at radius 1 is 1.33 bits per heavy atom. The van der Waals surface area contributed by atoms with Crippen molar-refractivity contribution >= 4 is 17.5 Å². The zero-order valence-electron chi connectivity index (χ0n) is 15.0. The van der Waals surface area contributed by atoms with Crippen LogP contribution in [0.5, 0.6) is 0 Å². The van der Waals surface area contributed by atoms with Gasteiger partial charge in [-0.3, -0.25) is 4.79 Å². The summed E-state index contributed by atoms with van der Waals surface area (Å²) >= 11 is 5.92. The maximum absolute atomic E-state index is 12.9. The molecule has 1 amide bonds. The SMILES string of the molecule is Cc1nc(CC2CCCN(C(=O)c3cnn(-c4ccc(Cl)cc4)c3)C2)no1. The molecule has 8 heteroatoms. The number of aryl methyl sites for hydroxylation is 1. The molecule has 4 rings (SSSR count). The van der Waals surface area contributed by atoms with Crippen molar-refractivity contribution in [2.75, 3.05) is 13.1 Å². The normalized spacial score (nSPS) is 17.3. The topological polar surface area (TPSA) is 77.1 Å². The molecule has 1 aliphatic heterocycles. The van der Waals surface area contributed by atoms with Gasteiger partial charge >= 0.3 is 0 Å². The molecule has 1 aliphatic rings. The Kier molecular flexibility index (Phi) is 4.94. The highest BCUT2D eigenvalue weighted by atomic mass is 35.5. The lowest BCUT2D eigenvalue weighted by atomic mass is 9.94. The Bertz CT molecular complexity index is 934. The van der Waals surface area contributed by atoms with Crippen molar-refractivity contribution in [1.82, 2.24) is 24.8 Å². The lowest BCUT2D eigenvalue weighted by molar-refractivity contribution is 0.0672. The van der Waals surface area contributed by atoms with Gasteiger partial charge in [-0.05, 0) is 43.0 Å². The van der Waals surface area contributed by atoms with Crippen LogP contribution in [0.15, 0.2) is 41.2 Å². The average molecular weight is 386 g/mol. The summed E-state index contributed by atoms with van der Waals surface area (Å²) in [6.07, 6.45) is 6.13. The fraction of sp³-hybridized carbons (Fsp3) is 0.368. The lowest BCUT2D eigenvalue weighted by Gasteiger charge is -2.32. The zero-order chi connectivity index (χ0) is 18.8. The van der Waals surface area contributed by atoms with E-state index in [1.165, 1.54) is 0 Å². The van der Waals surface area contributed by atoms with Gasteiger partial charge in [0, 0.05) is 37.7 Å². The van der Waals surface area contributed by atoms with Crippen molar-refractivity contribution in [3.05, 3.63) is 59.0 Å². The summed E-state index contributed by atoms with van der Waals surface area (Å²) in [4.78, 5) is 19.1. The lowest BCUT2D eigenvalue weighted by Crippen LogP contribution is -2.40. The highest BCUT2D eigenvalue weighted by molar-refractivity contribution is 6.30. The highest BCUT2D eigenvalue weighted by Gasteiger charge is 2.26. The first-order valence-electron chi connectivity index (χ1n) is 8.97. The predicted molar refractivity (Wildman–Crippen MR) is 99.9 cm³/mol. The largest absolute Gasteiger partial charge is 0.340 e.